The molecule has 2 amide bonds. The molecule has 31 heavy (non-hydrogen) atoms. The summed E-state index contributed by atoms with van der Waals surface area (Å²) in [5.74, 6) is -1.44. The Morgan fingerprint density at radius 1 is 1.19 bits per heavy atom. The van der Waals surface area contributed by atoms with Gasteiger partial charge in [-0.15, -0.1) is 0 Å². The van der Waals surface area contributed by atoms with Crippen molar-refractivity contribution >= 4 is 27.8 Å². The van der Waals surface area contributed by atoms with Gasteiger partial charge in [-0.25, -0.2) is 27.9 Å². The number of urea groups is 1. The average molecular weight is 466 g/mol. The van der Waals surface area contributed by atoms with Crippen LogP contribution in [-0.4, -0.2) is 65.8 Å². The SMILES string of the molecule is CCNc1ncnc(OCC(F)(F)F)c1S(=O)(=O)NC(=O)Nc1nc(C)nc(OC)n1. The third-order valence-corrected chi connectivity index (χ3v) is 4.48. The maximum atomic E-state index is 12.7. The van der Waals surface area contributed by atoms with Crippen molar-refractivity contribution in [1.82, 2.24) is 29.6 Å². The zero-order valence-electron chi connectivity index (χ0n) is 16.3. The molecular weight excluding hydrogens is 449 g/mol. The van der Waals surface area contributed by atoms with E-state index in [1.807, 2.05) is 0 Å². The summed E-state index contributed by atoms with van der Waals surface area (Å²) in [6.45, 7) is 1.41. The summed E-state index contributed by atoms with van der Waals surface area (Å²) in [5, 5.41) is 4.61. The number of anilines is 2. The van der Waals surface area contributed by atoms with Gasteiger partial charge in [-0.3, -0.25) is 5.32 Å². The number of rotatable bonds is 8. The molecule has 2 aromatic heterocycles. The summed E-state index contributed by atoms with van der Waals surface area (Å²) in [6.07, 6.45) is -3.95. The molecule has 2 heterocycles. The van der Waals surface area contributed by atoms with Gasteiger partial charge < -0.3 is 14.8 Å². The first-order chi connectivity index (χ1) is 14.4. The lowest BCUT2D eigenvalue weighted by Crippen LogP contribution is -2.36. The number of amides is 2. The molecule has 0 atom stereocenters. The molecular formula is C14H17F3N8O5S. The van der Waals surface area contributed by atoms with Crippen LogP contribution in [-0.2, 0) is 10.0 Å². The Morgan fingerprint density at radius 2 is 1.90 bits per heavy atom. The van der Waals surface area contributed by atoms with E-state index in [9.17, 15) is 26.4 Å². The van der Waals surface area contributed by atoms with Gasteiger partial charge in [-0.1, -0.05) is 0 Å². The molecule has 0 saturated carbocycles. The maximum absolute atomic E-state index is 12.7. The van der Waals surface area contributed by atoms with Gasteiger partial charge in [0.25, 0.3) is 10.0 Å². The first-order valence-electron chi connectivity index (χ1n) is 8.34. The lowest BCUT2D eigenvalue weighted by Gasteiger charge is -2.16. The van der Waals surface area contributed by atoms with Crippen molar-refractivity contribution in [1.29, 1.82) is 0 Å². The zero-order chi connectivity index (χ0) is 23.2. The molecule has 170 valence electrons. The summed E-state index contributed by atoms with van der Waals surface area (Å²) in [5.41, 5.74) is 0. The molecule has 3 N–H and O–H groups in total. The van der Waals surface area contributed by atoms with Gasteiger partial charge in [0, 0.05) is 6.54 Å². The molecule has 0 aliphatic heterocycles. The molecule has 13 nitrogen and oxygen atoms in total. The highest BCUT2D eigenvalue weighted by Crippen LogP contribution is 2.29. The van der Waals surface area contributed by atoms with Crippen LogP contribution in [0.1, 0.15) is 12.7 Å². The number of methoxy groups -OCH3 is 1. The molecule has 0 aliphatic carbocycles. The Balaban J connectivity index is 2.33. The van der Waals surface area contributed by atoms with Crippen molar-refractivity contribution in [3.8, 4) is 11.9 Å². The quantitative estimate of drug-likeness (QED) is 0.504. The van der Waals surface area contributed by atoms with Crippen molar-refractivity contribution < 1.29 is 35.9 Å². The number of hydrogen-bond donors (Lipinski definition) is 3. The van der Waals surface area contributed by atoms with Gasteiger partial charge in [0.15, 0.2) is 17.3 Å². The molecule has 0 spiro atoms. The number of alkyl halides is 3. The molecule has 0 aliphatic rings. The fourth-order valence-corrected chi connectivity index (χ4v) is 3.17. The van der Waals surface area contributed by atoms with Crippen molar-refractivity contribution in [3.63, 3.8) is 0 Å². The number of ether oxygens (including phenoxy) is 2. The van der Waals surface area contributed by atoms with E-state index in [4.69, 9.17) is 4.74 Å². The molecule has 0 unspecified atom stereocenters. The number of hydrogen-bond acceptors (Lipinski definition) is 11. The summed E-state index contributed by atoms with van der Waals surface area (Å²) in [6, 6.07) is -1.46. The highest BCUT2D eigenvalue weighted by Gasteiger charge is 2.33. The standard InChI is InChI=1S/C14H17F3N8O5S/c1-4-18-9-8(10(20-6-19-9)30-5-14(15,16)17)31(27,28)25-12(26)23-11-21-7(2)22-13(24-11)29-3/h6H,4-5H2,1-3H3,(H,18,19,20)(H2,21,22,23,24,25,26). The number of aromatic nitrogens is 5. The van der Waals surface area contributed by atoms with Crippen molar-refractivity contribution in [2.24, 2.45) is 0 Å². The van der Waals surface area contributed by atoms with Crippen LogP contribution in [0.3, 0.4) is 0 Å². The van der Waals surface area contributed by atoms with Crippen LogP contribution in [0.4, 0.5) is 29.7 Å². The zero-order valence-corrected chi connectivity index (χ0v) is 17.1. The number of nitrogens with one attached hydrogen (secondary N) is 3. The lowest BCUT2D eigenvalue weighted by molar-refractivity contribution is -0.154. The minimum absolute atomic E-state index is 0.139. The smallest absolute Gasteiger partial charge is 0.422 e. The second-order valence-corrected chi connectivity index (χ2v) is 7.16. The van der Waals surface area contributed by atoms with Gasteiger partial charge in [0.1, 0.15) is 12.2 Å². The number of carbonyl (C=O) groups excluding carboxylic acids is 1. The lowest BCUT2D eigenvalue weighted by atomic mass is 10.5. The molecule has 0 bridgehead atoms. The molecule has 0 aromatic carbocycles. The molecule has 0 radical (unpaired) electrons. The fourth-order valence-electron chi connectivity index (χ4n) is 2.05. The minimum atomic E-state index is -4.80. The maximum Gasteiger partial charge on any atom is 0.422 e. The van der Waals surface area contributed by atoms with Gasteiger partial charge in [0.2, 0.25) is 11.8 Å². The van der Waals surface area contributed by atoms with Gasteiger partial charge in [0.05, 0.1) is 7.11 Å². The van der Waals surface area contributed by atoms with Crippen LogP contribution in [0.2, 0.25) is 0 Å². The van der Waals surface area contributed by atoms with E-state index < -0.39 is 39.6 Å². The molecule has 0 saturated heterocycles. The van der Waals surface area contributed by atoms with E-state index in [0.717, 1.165) is 6.33 Å². The third-order valence-electron chi connectivity index (χ3n) is 3.12. The topological polar surface area (TPSA) is 170 Å². The summed E-state index contributed by atoms with van der Waals surface area (Å²) in [7, 11) is -3.53. The van der Waals surface area contributed by atoms with E-state index in [2.05, 4.69) is 40.3 Å². The van der Waals surface area contributed by atoms with Crippen molar-refractivity contribution in [3.05, 3.63) is 12.2 Å². The molecule has 17 heteroatoms. The summed E-state index contributed by atoms with van der Waals surface area (Å²) >= 11 is 0. The number of sulfonamides is 1. The number of nitrogens with zero attached hydrogens (tertiary/aromatic N) is 5. The van der Waals surface area contributed by atoms with Crippen LogP contribution in [0, 0.1) is 6.92 Å². The first kappa shape index (κ1) is 23.8. The number of carbonyl (C=O) groups is 1. The monoisotopic (exact) mass is 466 g/mol. The van der Waals surface area contributed by atoms with Gasteiger partial charge >= 0.3 is 18.2 Å². The predicted molar refractivity (Wildman–Crippen MR) is 98.2 cm³/mol. The average Bonchev–Trinajstić information content (AvgIpc) is 2.64. The Hall–Kier alpha value is -3.50. The first-order valence-corrected chi connectivity index (χ1v) is 9.82. The number of aryl methyl sites for hydroxylation is 1. The van der Waals surface area contributed by atoms with E-state index in [0.29, 0.717) is 0 Å². The third kappa shape index (κ3) is 6.76. The summed E-state index contributed by atoms with van der Waals surface area (Å²) < 4.78 is 74.0. The Kier molecular flexibility index (Phi) is 7.32. The van der Waals surface area contributed by atoms with E-state index in [-0.39, 0.29) is 30.1 Å². The van der Waals surface area contributed by atoms with Crippen LogP contribution in [0.15, 0.2) is 11.2 Å². The Morgan fingerprint density at radius 3 is 2.52 bits per heavy atom. The molecule has 2 rings (SSSR count). The van der Waals surface area contributed by atoms with Gasteiger partial charge in [-0.05, 0) is 13.8 Å². The minimum Gasteiger partial charge on any atom is -0.467 e. The molecule has 2 aromatic rings. The predicted octanol–water partition coefficient (Wildman–Crippen LogP) is 0.862. The molecule has 0 fully saturated rings. The van der Waals surface area contributed by atoms with Crippen molar-refractivity contribution in [2.45, 2.75) is 24.9 Å². The van der Waals surface area contributed by atoms with Crippen molar-refractivity contribution in [2.75, 3.05) is 30.9 Å². The van der Waals surface area contributed by atoms with E-state index >= 15 is 0 Å². The Bertz CT molecular complexity index is 1050. The van der Waals surface area contributed by atoms with Crippen LogP contribution >= 0.6 is 0 Å². The summed E-state index contributed by atoms with van der Waals surface area (Å²) in [4.78, 5) is 29.7. The van der Waals surface area contributed by atoms with Crippen LogP contribution in [0.5, 0.6) is 11.9 Å². The normalized spacial score (nSPS) is 11.5. The second kappa shape index (κ2) is 9.54. The van der Waals surface area contributed by atoms with Crippen LogP contribution in [0.25, 0.3) is 0 Å². The van der Waals surface area contributed by atoms with Gasteiger partial charge in [-0.2, -0.15) is 28.1 Å². The highest BCUT2D eigenvalue weighted by atomic mass is 32.2. The number of halogens is 3. The second-order valence-electron chi connectivity index (χ2n) is 5.54. The Labute approximate surface area is 173 Å². The highest BCUT2D eigenvalue weighted by molar-refractivity contribution is 7.90. The fraction of sp³-hybridized carbons (Fsp3) is 0.429. The van der Waals surface area contributed by atoms with E-state index in [1.54, 1.807) is 11.6 Å². The van der Waals surface area contributed by atoms with E-state index in [1.165, 1.54) is 14.0 Å². The van der Waals surface area contributed by atoms with Crippen LogP contribution < -0.4 is 24.8 Å². The largest absolute Gasteiger partial charge is 0.467 e.